The van der Waals surface area contributed by atoms with Crippen molar-refractivity contribution in [1.29, 1.82) is 0 Å². The minimum absolute atomic E-state index is 0.259. The third-order valence-corrected chi connectivity index (χ3v) is 4.20. The maximum absolute atomic E-state index is 3.57. The van der Waals surface area contributed by atoms with Gasteiger partial charge in [-0.3, -0.25) is 4.90 Å². The summed E-state index contributed by atoms with van der Waals surface area (Å²) in [6.07, 6.45) is 0. The van der Waals surface area contributed by atoms with Gasteiger partial charge in [0.2, 0.25) is 0 Å². The first-order chi connectivity index (χ1) is 8.99. The van der Waals surface area contributed by atoms with Crippen LogP contribution in [0.2, 0.25) is 0 Å². The first-order valence-corrected chi connectivity index (χ1v) is 7.75. The lowest BCUT2D eigenvalue weighted by Gasteiger charge is -2.27. The summed E-state index contributed by atoms with van der Waals surface area (Å²) < 4.78 is 2.24. The zero-order chi connectivity index (χ0) is 14.0. The minimum atomic E-state index is 0.259. The molecule has 0 N–H and O–H groups in total. The molecule has 0 saturated heterocycles. The quantitative estimate of drug-likeness (QED) is 0.707. The molecular formula is C16H17Br2N. The van der Waals surface area contributed by atoms with Crippen molar-refractivity contribution in [1.82, 2.24) is 4.90 Å². The zero-order valence-corrected chi connectivity index (χ0v) is 14.5. The molecule has 0 unspecified atom stereocenters. The van der Waals surface area contributed by atoms with Crippen molar-refractivity contribution >= 4 is 31.9 Å². The standard InChI is InChI=1S/C16H17Br2N/c1-11-7-8-14(18)10-15(11)16(19(2)3)12-5-4-6-13(17)9-12/h4-10,16H,1-3H3/t16-/m0/s1. The summed E-state index contributed by atoms with van der Waals surface area (Å²) in [5.41, 5.74) is 3.93. The maximum Gasteiger partial charge on any atom is 0.0600 e. The maximum atomic E-state index is 3.57. The number of nitrogens with zero attached hydrogens (tertiary/aromatic N) is 1. The predicted octanol–water partition coefficient (Wildman–Crippen LogP) is 5.17. The number of hydrogen-bond acceptors (Lipinski definition) is 1. The molecule has 0 spiro atoms. The molecule has 0 radical (unpaired) electrons. The molecule has 0 aliphatic rings. The third-order valence-electron chi connectivity index (χ3n) is 3.22. The van der Waals surface area contributed by atoms with Gasteiger partial charge in [0.15, 0.2) is 0 Å². The smallest absolute Gasteiger partial charge is 0.0600 e. The van der Waals surface area contributed by atoms with E-state index in [0.717, 1.165) is 8.95 Å². The highest BCUT2D eigenvalue weighted by atomic mass is 79.9. The Labute approximate surface area is 131 Å². The lowest BCUT2D eigenvalue weighted by molar-refractivity contribution is 0.341. The number of hydrogen-bond donors (Lipinski definition) is 0. The second kappa shape index (κ2) is 6.21. The fraction of sp³-hybridized carbons (Fsp3) is 0.250. The molecule has 19 heavy (non-hydrogen) atoms. The van der Waals surface area contributed by atoms with Crippen LogP contribution in [0.4, 0.5) is 0 Å². The average molecular weight is 383 g/mol. The average Bonchev–Trinajstić information content (AvgIpc) is 2.33. The number of halogens is 2. The van der Waals surface area contributed by atoms with Gasteiger partial charge in [-0.2, -0.15) is 0 Å². The molecule has 0 fully saturated rings. The Morgan fingerprint density at radius 2 is 1.63 bits per heavy atom. The first kappa shape index (κ1) is 14.8. The summed E-state index contributed by atoms with van der Waals surface area (Å²) in [4.78, 5) is 2.25. The van der Waals surface area contributed by atoms with E-state index in [1.54, 1.807) is 0 Å². The van der Waals surface area contributed by atoms with Crippen molar-refractivity contribution in [2.75, 3.05) is 14.1 Å². The molecule has 1 atom stereocenters. The van der Waals surface area contributed by atoms with E-state index in [0.29, 0.717) is 0 Å². The van der Waals surface area contributed by atoms with Crippen LogP contribution < -0.4 is 0 Å². The SMILES string of the molecule is Cc1ccc(Br)cc1[C@H](c1cccc(Br)c1)N(C)C. The van der Waals surface area contributed by atoms with Crippen LogP contribution >= 0.6 is 31.9 Å². The van der Waals surface area contributed by atoms with Crippen LogP contribution in [0.3, 0.4) is 0 Å². The van der Waals surface area contributed by atoms with Gasteiger partial charge in [0.05, 0.1) is 6.04 Å². The minimum Gasteiger partial charge on any atom is -0.299 e. The van der Waals surface area contributed by atoms with Gasteiger partial charge in [0, 0.05) is 8.95 Å². The topological polar surface area (TPSA) is 3.24 Å². The van der Waals surface area contributed by atoms with Crippen molar-refractivity contribution in [2.24, 2.45) is 0 Å². The molecule has 2 aromatic carbocycles. The fourth-order valence-electron chi connectivity index (χ4n) is 2.34. The van der Waals surface area contributed by atoms with Gasteiger partial charge in [0.25, 0.3) is 0 Å². The van der Waals surface area contributed by atoms with Gasteiger partial charge in [-0.15, -0.1) is 0 Å². The molecule has 0 aliphatic heterocycles. The monoisotopic (exact) mass is 381 g/mol. The molecule has 0 aliphatic carbocycles. The van der Waals surface area contributed by atoms with Gasteiger partial charge < -0.3 is 0 Å². The van der Waals surface area contributed by atoms with Crippen LogP contribution in [-0.2, 0) is 0 Å². The second-order valence-electron chi connectivity index (χ2n) is 4.92. The van der Waals surface area contributed by atoms with Crippen molar-refractivity contribution < 1.29 is 0 Å². The van der Waals surface area contributed by atoms with Crippen molar-refractivity contribution in [3.8, 4) is 0 Å². The van der Waals surface area contributed by atoms with E-state index in [9.17, 15) is 0 Å². The Bertz CT molecular complexity index is 579. The van der Waals surface area contributed by atoms with Crippen LogP contribution in [0.25, 0.3) is 0 Å². The highest BCUT2D eigenvalue weighted by molar-refractivity contribution is 9.10. The summed E-state index contributed by atoms with van der Waals surface area (Å²) in [7, 11) is 4.23. The Balaban J connectivity index is 2.55. The molecule has 2 rings (SSSR count). The lowest BCUT2D eigenvalue weighted by Crippen LogP contribution is -2.22. The molecule has 3 heteroatoms. The molecule has 0 heterocycles. The normalized spacial score (nSPS) is 12.7. The van der Waals surface area contributed by atoms with Crippen molar-refractivity contribution in [2.45, 2.75) is 13.0 Å². The number of benzene rings is 2. The molecule has 0 amide bonds. The van der Waals surface area contributed by atoms with E-state index in [2.05, 4.69) is 100 Å². The summed E-state index contributed by atoms with van der Waals surface area (Å²) in [5, 5.41) is 0. The Hall–Kier alpha value is -0.640. The largest absolute Gasteiger partial charge is 0.299 e. The molecule has 2 aromatic rings. The molecular weight excluding hydrogens is 366 g/mol. The van der Waals surface area contributed by atoms with E-state index in [1.165, 1.54) is 16.7 Å². The van der Waals surface area contributed by atoms with Crippen molar-refractivity contribution in [3.63, 3.8) is 0 Å². The lowest BCUT2D eigenvalue weighted by atomic mass is 9.94. The zero-order valence-electron chi connectivity index (χ0n) is 11.3. The van der Waals surface area contributed by atoms with E-state index in [4.69, 9.17) is 0 Å². The van der Waals surface area contributed by atoms with Crippen LogP contribution in [0.15, 0.2) is 51.4 Å². The highest BCUT2D eigenvalue weighted by Gasteiger charge is 2.18. The molecule has 0 bridgehead atoms. The molecule has 0 aromatic heterocycles. The number of rotatable bonds is 3. The van der Waals surface area contributed by atoms with Gasteiger partial charge in [-0.05, 0) is 62.0 Å². The van der Waals surface area contributed by atoms with Gasteiger partial charge >= 0.3 is 0 Å². The van der Waals surface area contributed by atoms with Crippen molar-refractivity contribution in [3.05, 3.63) is 68.1 Å². The third kappa shape index (κ3) is 3.47. The van der Waals surface area contributed by atoms with Gasteiger partial charge in [-0.1, -0.05) is 50.1 Å². The van der Waals surface area contributed by atoms with Crippen LogP contribution in [-0.4, -0.2) is 19.0 Å². The van der Waals surface area contributed by atoms with E-state index in [-0.39, 0.29) is 6.04 Å². The van der Waals surface area contributed by atoms with E-state index < -0.39 is 0 Å². The Morgan fingerprint density at radius 1 is 0.947 bits per heavy atom. The van der Waals surface area contributed by atoms with Crippen LogP contribution in [0.1, 0.15) is 22.7 Å². The summed E-state index contributed by atoms with van der Waals surface area (Å²) in [6.45, 7) is 2.16. The fourth-order valence-corrected chi connectivity index (χ4v) is 3.13. The van der Waals surface area contributed by atoms with Crippen LogP contribution in [0.5, 0.6) is 0 Å². The predicted molar refractivity (Wildman–Crippen MR) is 88.6 cm³/mol. The summed E-state index contributed by atoms with van der Waals surface area (Å²) in [6, 6.07) is 15.2. The molecule has 0 saturated carbocycles. The van der Waals surface area contributed by atoms with E-state index >= 15 is 0 Å². The van der Waals surface area contributed by atoms with Gasteiger partial charge in [-0.25, -0.2) is 0 Å². The molecule has 1 nitrogen and oxygen atoms in total. The van der Waals surface area contributed by atoms with Crippen LogP contribution in [0, 0.1) is 6.92 Å². The Morgan fingerprint density at radius 3 is 2.26 bits per heavy atom. The van der Waals surface area contributed by atoms with E-state index in [1.807, 2.05) is 0 Å². The van der Waals surface area contributed by atoms with Gasteiger partial charge in [0.1, 0.15) is 0 Å². The molecule has 100 valence electrons. The summed E-state index contributed by atoms with van der Waals surface area (Å²) in [5.74, 6) is 0. The number of aryl methyl sites for hydroxylation is 1. The first-order valence-electron chi connectivity index (χ1n) is 6.17. The summed E-state index contributed by atoms with van der Waals surface area (Å²) >= 11 is 7.13. The Kier molecular flexibility index (Phi) is 4.82. The highest BCUT2D eigenvalue weighted by Crippen LogP contribution is 2.32. The second-order valence-corrected chi connectivity index (χ2v) is 6.75.